The summed E-state index contributed by atoms with van der Waals surface area (Å²) in [4.78, 5) is 0. The normalized spacial score (nSPS) is 14.3. The molecule has 0 N–H and O–H groups in total. The van der Waals surface area contributed by atoms with Gasteiger partial charge in [0, 0.05) is 43.4 Å². The molecule has 0 fully saturated rings. The van der Waals surface area contributed by atoms with Crippen LogP contribution in [0, 0.1) is 0 Å². The lowest BCUT2D eigenvalue weighted by Crippen LogP contribution is -2.14. The van der Waals surface area contributed by atoms with Crippen LogP contribution >= 0.6 is 0 Å². The molecule has 0 saturated heterocycles. The zero-order valence-corrected chi connectivity index (χ0v) is 22.9. The van der Waals surface area contributed by atoms with Gasteiger partial charge < -0.3 is 8.97 Å². The van der Waals surface area contributed by atoms with Crippen LogP contribution in [0.25, 0.3) is 76.7 Å². The summed E-state index contributed by atoms with van der Waals surface area (Å²) >= 11 is 0. The Morgan fingerprint density at radius 3 is 1.98 bits per heavy atom. The van der Waals surface area contributed by atoms with Gasteiger partial charge in [0.05, 0.1) is 27.6 Å². The Kier molecular flexibility index (Phi) is 3.79. The predicted molar refractivity (Wildman–Crippen MR) is 173 cm³/mol. The summed E-state index contributed by atoms with van der Waals surface area (Å²) in [5.41, 5.74) is 13.1. The molecule has 0 atom stereocenters. The lowest BCUT2D eigenvalue weighted by atomic mass is 9.82. The number of aromatic nitrogens is 2. The highest BCUT2D eigenvalue weighted by Crippen LogP contribution is 2.52. The predicted octanol–water partition coefficient (Wildman–Crippen LogP) is 10.2. The van der Waals surface area contributed by atoms with Crippen molar-refractivity contribution in [3.05, 3.63) is 132 Å². The molecule has 3 aromatic heterocycles. The molecule has 6 aromatic carbocycles. The molecule has 2 heteroatoms. The summed E-state index contributed by atoms with van der Waals surface area (Å²) in [6, 6.07) is 45.1. The number of fused-ring (bicyclic) bond motifs is 13. The van der Waals surface area contributed by atoms with Crippen LogP contribution in [0.2, 0.25) is 0 Å². The molecular formula is C39H26N2. The zero-order valence-electron chi connectivity index (χ0n) is 22.9. The molecule has 9 aromatic rings. The summed E-state index contributed by atoms with van der Waals surface area (Å²) in [7, 11) is 0. The van der Waals surface area contributed by atoms with Crippen molar-refractivity contribution in [3.8, 4) is 16.8 Å². The number of hydrogen-bond acceptors (Lipinski definition) is 0. The van der Waals surface area contributed by atoms with E-state index in [1.165, 1.54) is 87.8 Å². The minimum atomic E-state index is -0.0393. The maximum Gasteiger partial charge on any atom is 0.0628 e. The lowest BCUT2D eigenvalue weighted by Gasteiger charge is -2.21. The first-order valence-corrected chi connectivity index (χ1v) is 14.5. The fraction of sp³-hybridized carbons (Fsp3) is 0.0769. The summed E-state index contributed by atoms with van der Waals surface area (Å²) in [5, 5.41) is 7.97. The average Bonchev–Trinajstić information content (AvgIpc) is 3.69. The largest absolute Gasteiger partial charge is 0.309 e. The Bertz CT molecular complexity index is 2540. The van der Waals surface area contributed by atoms with E-state index in [2.05, 4.69) is 144 Å². The van der Waals surface area contributed by atoms with E-state index in [1.54, 1.807) is 0 Å². The van der Waals surface area contributed by atoms with Gasteiger partial charge in [-0.3, -0.25) is 0 Å². The Morgan fingerprint density at radius 2 is 1.15 bits per heavy atom. The van der Waals surface area contributed by atoms with E-state index in [9.17, 15) is 0 Å². The van der Waals surface area contributed by atoms with E-state index in [1.807, 2.05) is 0 Å². The van der Waals surface area contributed by atoms with Gasteiger partial charge >= 0.3 is 0 Å². The monoisotopic (exact) mass is 522 g/mol. The number of nitrogens with zero attached hydrogens (tertiary/aromatic N) is 2. The van der Waals surface area contributed by atoms with Crippen LogP contribution in [0.3, 0.4) is 0 Å². The van der Waals surface area contributed by atoms with Crippen LogP contribution < -0.4 is 0 Å². The fourth-order valence-electron chi connectivity index (χ4n) is 8.06. The van der Waals surface area contributed by atoms with Crippen molar-refractivity contribution in [2.75, 3.05) is 0 Å². The van der Waals surface area contributed by atoms with Gasteiger partial charge in [0.2, 0.25) is 0 Å². The molecule has 1 aliphatic rings. The van der Waals surface area contributed by atoms with Crippen LogP contribution in [0.1, 0.15) is 25.0 Å². The SMILES string of the molecule is CC1(C)c2ccccc2-c2cc3c(cc21)c1cc2c(c4ccccc4n2-c2ccccc2)c2c4ccccc4n3c12. The van der Waals surface area contributed by atoms with Crippen molar-refractivity contribution in [1.29, 1.82) is 0 Å². The van der Waals surface area contributed by atoms with E-state index in [-0.39, 0.29) is 5.41 Å². The van der Waals surface area contributed by atoms with E-state index in [0.29, 0.717) is 0 Å². The van der Waals surface area contributed by atoms with Crippen molar-refractivity contribution in [3.63, 3.8) is 0 Å². The number of rotatable bonds is 1. The van der Waals surface area contributed by atoms with Gasteiger partial charge in [-0.25, -0.2) is 0 Å². The van der Waals surface area contributed by atoms with Crippen molar-refractivity contribution in [2.24, 2.45) is 0 Å². The Hall–Kier alpha value is -5.08. The van der Waals surface area contributed by atoms with E-state index in [0.717, 1.165) is 0 Å². The van der Waals surface area contributed by atoms with Crippen molar-refractivity contribution >= 4 is 59.9 Å². The summed E-state index contributed by atoms with van der Waals surface area (Å²) in [6.45, 7) is 4.75. The van der Waals surface area contributed by atoms with Crippen molar-refractivity contribution in [2.45, 2.75) is 19.3 Å². The second kappa shape index (κ2) is 7.16. The number of para-hydroxylation sites is 3. The van der Waals surface area contributed by atoms with Crippen LogP contribution in [0.15, 0.2) is 121 Å². The minimum Gasteiger partial charge on any atom is -0.309 e. The van der Waals surface area contributed by atoms with Crippen LogP contribution in [-0.4, -0.2) is 8.97 Å². The third-order valence-corrected chi connectivity index (χ3v) is 9.82. The van der Waals surface area contributed by atoms with Crippen LogP contribution in [-0.2, 0) is 5.41 Å². The van der Waals surface area contributed by atoms with E-state index < -0.39 is 0 Å². The molecule has 0 radical (unpaired) electrons. The lowest BCUT2D eigenvalue weighted by molar-refractivity contribution is 0.661. The maximum absolute atomic E-state index is 2.54. The highest BCUT2D eigenvalue weighted by atomic mass is 15.0. The average molecular weight is 523 g/mol. The second-order valence-electron chi connectivity index (χ2n) is 12.2. The standard InChI is InChI=1S/C39H26N2/c1-39(2)30-17-9-6-14-24(30)27-21-34-28(20-31(27)39)29-22-35-36(37-26-16-8-11-19-33(26)41(34)38(29)37)25-15-7-10-18-32(25)40(35)23-12-4-3-5-13-23/h3-22H,1-2H3. The van der Waals surface area contributed by atoms with Gasteiger partial charge in [0.25, 0.3) is 0 Å². The fourth-order valence-corrected chi connectivity index (χ4v) is 8.06. The van der Waals surface area contributed by atoms with E-state index >= 15 is 0 Å². The third-order valence-electron chi connectivity index (χ3n) is 9.82. The van der Waals surface area contributed by atoms with Crippen molar-refractivity contribution < 1.29 is 0 Å². The highest BCUT2D eigenvalue weighted by Gasteiger charge is 2.36. The van der Waals surface area contributed by atoms with Crippen LogP contribution in [0.5, 0.6) is 0 Å². The number of benzene rings is 6. The molecule has 192 valence electrons. The van der Waals surface area contributed by atoms with Gasteiger partial charge in [-0.05, 0) is 64.7 Å². The van der Waals surface area contributed by atoms with Crippen LogP contribution in [0.4, 0.5) is 0 Å². The second-order valence-corrected chi connectivity index (χ2v) is 12.2. The van der Waals surface area contributed by atoms with Gasteiger partial charge in [0.15, 0.2) is 0 Å². The summed E-state index contributed by atoms with van der Waals surface area (Å²) in [6.07, 6.45) is 0. The molecule has 2 nitrogen and oxygen atoms in total. The molecule has 10 rings (SSSR count). The van der Waals surface area contributed by atoms with Gasteiger partial charge in [-0.1, -0.05) is 92.7 Å². The first-order valence-electron chi connectivity index (χ1n) is 14.5. The Morgan fingerprint density at radius 1 is 0.463 bits per heavy atom. The molecule has 0 amide bonds. The molecule has 0 aliphatic heterocycles. The molecule has 1 aliphatic carbocycles. The quantitative estimate of drug-likeness (QED) is 0.203. The molecule has 0 saturated carbocycles. The van der Waals surface area contributed by atoms with E-state index in [4.69, 9.17) is 0 Å². The molecular weight excluding hydrogens is 496 g/mol. The van der Waals surface area contributed by atoms with Gasteiger partial charge in [-0.15, -0.1) is 0 Å². The molecule has 0 bridgehead atoms. The number of hydrogen-bond donors (Lipinski definition) is 0. The summed E-state index contributed by atoms with van der Waals surface area (Å²) < 4.78 is 5.00. The topological polar surface area (TPSA) is 9.34 Å². The smallest absolute Gasteiger partial charge is 0.0628 e. The van der Waals surface area contributed by atoms with Gasteiger partial charge in [-0.2, -0.15) is 0 Å². The minimum absolute atomic E-state index is 0.0393. The first-order chi connectivity index (χ1) is 20.1. The molecule has 0 spiro atoms. The third kappa shape index (κ3) is 2.46. The van der Waals surface area contributed by atoms with Crippen molar-refractivity contribution in [1.82, 2.24) is 8.97 Å². The Balaban J connectivity index is 1.49. The molecule has 0 unspecified atom stereocenters. The zero-order chi connectivity index (χ0) is 27.0. The maximum atomic E-state index is 2.54. The van der Waals surface area contributed by atoms with Gasteiger partial charge in [0.1, 0.15) is 0 Å². The summed E-state index contributed by atoms with van der Waals surface area (Å²) in [5.74, 6) is 0. The Labute approximate surface area is 237 Å². The first kappa shape index (κ1) is 21.7. The molecule has 3 heterocycles. The molecule has 41 heavy (non-hydrogen) atoms. The highest BCUT2D eigenvalue weighted by molar-refractivity contribution is 6.35.